The highest BCUT2D eigenvalue weighted by atomic mass is 19.1. The maximum absolute atomic E-state index is 14.0. The third kappa shape index (κ3) is 4.94. The number of carbonyl (C=O) groups excluding carboxylic acids is 2. The Bertz CT molecular complexity index is 993. The van der Waals surface area contributed by atoms with Crippen LogP contribution in [0.25, 0.3) is 6.08 Å². The number of rotatable bonds is 6. The van der Waals surface area contributed by atoms with Crippen LogP contribution in [0, 0.1) is 12.7 Å². The van der Waals surface area contributed by atoms with Gasteiger partial charge in [0, 0.05) is 11.1 Å². The summed E-state index contributed by atoms with van der Waals surface area (Å²) < 4.78 is 19.2. The second-order valence-electron chi connectivity index (χ2n) is 6.16. The average molecular weight is 378 g/mol. The fraction of sp³-hybridized carbons (Fsp3) is 0.0909. The highest BCUT2D eigenvalue weighted by molar-refractivity contribution is 6.05. The van der Waals surface area contributed by atoms with Crippen LogP contribution in [0.4, 0.5) is 4.39 Å². The van der Waals surface area contributed by atoms with Crippen LogP contribution >= 0.6 is 0 Å². The van der Waals surface area contributed by atoms with Crippen molar-refractivity contribution in [2.24, 2.45) is 0 Å². The van der Waals surface area contributed by atoms with Crippen molar-refractivity contribution in [3.05, 3.63) is 101 Å². The Morgan fingerprint density at radius 2 is 1.79 bits per heavy atom. The Kier molecular flexibility index (Phi) is 6.01. The summed E-state index contributed by atoms with van der Waals surface area (Å²) in [7, 11) is 0. The Morgan fingerprint density at radius 3 is 2.46 bits per heavy atom. The predicted octanol–water partition coefficient (Wildman–Crippen LogP) is 3.81. The molecule has 6 heteroatoms. The quantitative estimate of drug-likeness (QED) is 0.641. The molecular formula is C22H19FN2O3. The summed E-state index contributed by atoms with van der Waals surface area (Å²) in [5, 5.41) is 5.22. The second-order valence-corrected chi connectivity index (χ2v) is 6.16. The molecule has 0 unspecified atom stereocenters. The van der Waals surface area contributed by atoms with E-state index in [1.807, 2.05) is 6.92 Å². The minimum Gasteiger partial charge on any atom is -0.467 e. The minimum absolute atomic E-state index is 0.0674. The van der Waals surface area contributed by atoms with Gasteiger partial charge in [-0.1, -0.05) is 35.9 Å². The topological polar surface area (TPSA) is 71.3 Å². The lowest BCUT2D eigenvalue weighted by Gasteiger charge is -2.11. The van der Waals surface area contributed by atoms with Gasteiger partial charge in [-0.25, -0.2) is 4.39 Å². The molecule has 3 rings (SSSR count). The average Bonchev–Trinajstić information content (AvgIpc) is 3.21. The number of carbonyl (C=O) groups is 2. The lowest BCUT2D eigenvalue weighted by atomic mass is 10.1. The van der Waals surface area contributed by atoms with Gasteiger partial charge >= 0.3 is 0 Å². The zero-order valence-electron chi connectivity index (χ0n) is 15.2. The van der Waals surface area contributed by atoms with Crippen molar-refractivity contribution in [1.82, 2.24) is 10.6 Å². The van der Waals surface area contributed by atoms with Crippen molar-refractivity contribution in [2.75, 3.05) is 0 Å². The third-order valence-electron chi connectivity index (χ3n) is 4.01. The molecule has 2 aromatic carbocycles. The molecule has 0 aliphatic rings. The molecule has 28 heavy (non-hydrogen) atoms. The summed E-state index contributed by atoms with van der Waals surface area (Å²) in [5.74, 6) is -0.956. The van der Waals surface area contributed by atoms with Crippen LogP contribution in [-0.2, 0) is 11.3 Å². The van der Waals surface area contributed by atoms with Gasteiger partial charge in [-0.15, -0.1) is 0 Å². The molecule has 3 aromatic rings. The summed E-state index contributed by atoms with van der Waals surface area (Å²) in [6.45, 7) is 2.05. The summed E-state index contributed by atoms with van der Waals surface area (Å²) in [4.78, 5) is 25.2. The largest absolute Gasteiger partial charge is 0.467 e. The lowest BCUT2D eigenvalue weighted by molar-refractivity contribution is -0.118. The van der Waals surface area contributed by atoms with E-state index >= 15 is 0 Å². The smallest absolute Gasteiger partial charge is 0.268 e. The monoisotopic (exact) mass is 378 g/mol. The molecule has 2 amide bonds. The molecule has 0 bridgehead atoms. The summed E-state index contributed by atoms with van der Waals surface area (Å²) in [6.07, 6.45) is 2.80. The van der Waals surface area contributed by atoms with E-state index < -0.39 is 17.6 Å². The molecule has 0 atom stereocenters. The first-order valence-corrected chi connectivity index (χ1v) is 8.68. The number of hydrogen-bond acceptors (Lipinski definition) is 3. The lowest BCUT2D eigenvalue weighted by Crippen LogP contribution is -2.34. The summed E-state index contributed by atoms with van der Waals surface area (Å²) >= 11 is 0. The van der Waals surface area contributed by atoms with E-state index in [1.54, 1.807) is 48.5 Å². The molecule has 142 valence electrons. The van der Waals surface area contributed by atoms with Crippen molar-refractivity contribution in [1.29, 1.82) is 0 Å². The zero-order valence-corrected chi connectivity index (χ0v) is 15.2. The van der Waals surface area contributed by atoms with Crippen LogP contribution in [0.3, 0.4) is 0 Å². The van der Waals surface area contributed by atoms with E-state index in [4.69, 9.17) is 4.42 Å². The molecular weight excluding hydrogens is 359 g/mol. The first-order chi connectivity index (χ1) is 13.5. The molecule has 0 saturated carbocycles. The van der Waals surface area contributed by atoms with Gasteiger partial charge in [0.2, 0.25) is 0 Å². The van der Waals surface area contributed by atoms with E-state index in [0.717, 1.165) is 5.56 Å². The van der Waals surface area contributed by atoms with Gasteiger partial charge < -0.3 is 15.1 Å². The molecule has 0 aliphatic carbocycles. The van der Waals surface area contributed by atoms with Crippen LogP contribution in [0.5, 0.6) is 0 Å². The molecule has 1 aromatic heterocycles. The summed E-state index contributed by atoms with van der Waals surface area (Å²) in [5.41, 5.74) is 1.52. The molecule has 0 aliphatic heterocycles. The molecule has 1 heterocycles. The van der Waals surface area contributed by atoms with Crippen LogP contribution in [-0.4, -0.2) is 11.8 Å². The van der Waals surface area contributed by atoms with Crippen molar-refractivity contribution in [3.63, 3.8) is 0 Å². The number of benzene rings is 2. The highest BCUT2D eigenvalue weighted by Gasteiger charge is 2.15. The maximum atomic E-state index is 14.0. The van der Waals surface area contributed by atoms with Crippen LogP contribution in [0.2, 0.25) is 0 Å². The Morgan fingerprint density at radius 1 is 1.04 bits per heavy atom. The van der Waals surface area contributed by atoms with E-state index in [0.29, 0.717) is 11.3 Å². The fourth-order valence-electron chi connectivity index (χ4n) is 2.48. The summed E-state index contributed by atoms with van der Waals surface area (Å²) in [6, 6.07) is 16.3. The maximum Gasteiger partial charge on any atom is 0.268 e. The van der Waals surface area contributed by atoms with E-state index in [-0.39, 0.29) is 17.8 Å². The third-order valence-corrected chi connectivity index (χ3v) is 4.01. The molecule has 5 nitrogen and oxygen atoms in total. The first kappa shape index (κ1) is 19.1. The molecule has 0 fully saturated rings. The van der Waals surface area contributed by atoms with Gasteiger partial charge in [-0.05, 0) is 43.3 Å². The Balaban J connectivity index is 1.83. The SMILES string of the molecule is Cc1ccc(C(=O)NC(=Cc2ccccc2F)C(=O)NCc2ccco2)cc1. The number of halogens is 1. The number of aryl methyl sites for hydroxylation is 1. The van der Waals surface area contributed by atoms with Gasteiger partial charge in [-0.3, -0.25) is 9.59 Å². The normalized spacial score (nSPS) is 11.1. The Hall–Kier alpha value is -3.67. The van der Waals surface area contributed by atoms with Crippen molar-refractivity contribution in [2.45, 2.75) is 13.5 Å². The fourth-order valence-corrected chi connectivity index (χ4v) is 2.48. The molecule has 0 spiro atoms. The van der Waals surface area contributed by atoms with E-state index in [1.165, 1.54) is 24.5 Å². The van der Waals surface area contributed by atoms with Gasteiger partial charge in [-0.2, -0.15) is 0 Å². The Labute approximate surface area is 161 Å². The number of hydrogen-bond donors (Lipinski definition) is 2. The van der Waals surface area contributed by atoms with Crippen molar-refractivity contribution < 1.29 is 18.4 Å². The van der Waals surface area contributed by atoms with Crippen molar-refractivity contribution in [3.8, 4) is 0 Å². The predicted molar refractivity (Wildman–Crippen MR) is 104 cm³/mol. The highest BCUT2D eigenvalue weighted by Crippen LogP contribution is 2.12. The first-order valence-electron chi connectivity index (χ1n) is 8.68. The van der Waals surface area contributed by atoms with Gasteiger partial charge in [0.15, 0.2) is 0 Å². The number of amides is 2. The molecule has 2 N–H and O–H groups in total. The molecule has 0 saturated heterocycles. The molecule has 0 radical (unpaired) electrons. The van der Waals surface area contributed by atoms with Crippen molar-refractivity contribution >= 4 is 17.9 Å². The van der Waals surface area contributed by atoms with Crippen LogP contribution in [0.1, 0.15) is 27.2 Å². The van der Waals surface area contributed by atoms with E-state index in [9.17, 15) is 14.0 Å². The zero-order chi connectivity index (χ0) is 19.9. The number of furan rings is 1. The standard InChI is InChI=1S/C22H19FN2O3/c1-15-8-10-16(11-9-15)21(26)25-20(13-17-5-2-3-7-19(17)23)22(27)24-14-18-6-4-12-28-18/h2-13H,14H2,1H3,(H,24,27)(H,25,26). The van der Waals surface area contributed by atoms with E-state index in [2.05, 4.69) is 10.6 Å². The second kappa shape index (κ2) is 8.81. The minimum atomic E-state index is -0.555. The van der Waals surface area contributed by atoms with Gasteiger partial charge in [0.25, 0.3) is 11.8 Å². The number of nitrogens with one attached hydrogen (secondary N) is 2. The van der Waals surface area contributed by atoms with Gasteiger partial charge in [0.05, 0.1) is 12.8 Å². The van der Waals surface area contributed by atoms with Crippen LogP contribution < -0.4 is 10.6 Å². The van der Waals surface area contributed by atoms with Crippen LogP contribution in [0.15, 0.2) is 77.0 Å². The van der Waals surface area contributed by atoms with Gasteiger partial charge in [0.1, 0.15) is 17.3 Å².